The first-order valence-corrected chi connectivity index (χ1v) is 7.97. The van der Waals surface area contributed by atoms with Crippen molar-refractivity contribution in [2.75, 3.05) is 11.9 Å². The Morgan fingerprint density at radius 2 is 1.83 bits per heavy atom. The maximum atomic E-state index is 12.8. The van der Waals surface area contributed by atoms with Crippen LogP contribution in [0.5, 0.6) is 0 Å². The first-order chi connectivity index (χ1) is 10.7. The van der Waals surface area contributed by atoms with Gasteiger partial charge in [0.1, 0.15) is 0 Å². The lowest BCUT2D eigenvalue weighted by Crippen LogP contribution is -2.33. The molecule has 2 N–H and O–H groups in total. The van der Waals surface area contributed by atoms with E-state index in [1.54, 1.807) is 19.2 Å². The van der Waals surface area contributed by atoms with Gasteiger partial charge in [0.05, 0.1) is 11.3 Å². The lowest BCUT2D eigenvalue weighted by molar-refractivity contribution is -0.137. The van der Waals surface area contributed by atoms with Gasteiger partial charge in [-0.25, -0.2) is 4.99 Å². The molecule has 0 fully saturated rings. The second-order valence-electron chi connectivity index (χ2n) is 4.67. The SMILES string of the molecule is CN(C(N)=Nc1cc(Br)ccc1Br)c1cccc(C(F)(F)F)c1. The Labute approximate surface area is 148 Å². The van der Waals surface area contributed by atoms with Crippen molar-refractivity contribution in [3.63, 3.8) is 0 Å². The van der Waals surface area contributed by atoms with Gasteiger partial charge in [-0.2, -0.15) is 13.2 Å². The van der Waals surface area contributed by atoms with Crippen molar-refractivity contribution in [1.29, 1.82) is 0 Å². The molecule has 122 valence electrons. The maximum Gasteiger partial charge on any atom is 0.416 e. The zero-order chi connectivity index (χ0) is 17.2. The van der Waals surface area contributed by atoms with Crippen LogP contribution in [0.2, 0.25) is 0 Å². The Morgan fingerprint density at radius 3 is 2.48 bits per heavy atom. The minimum atomic E-state index is -4.41. The van der Waals surface area contributed by atoms with E-state index in [1.807, 2.05) is 6.07 Å². The van der Waals surface area contributed by atoms with E-state index in [0.717, 1.165) is 21.1 Å². The Hall–Kier alpha value is -1.54. The lowest BCUT2D eigenvalue weighted by Gasteiger charge is -2.19. The van der Waals surface area contributed by atoms with Gasteiger partial charge in [0, 0.05) is 21.7 Å². The molecule has 0 aromatic heterocycles. The fourth-order valence-corrected chi connectivity index (χ4v) is 2.48. The Morgan fingerprint density at radius 1 is 1.13 bits per heavy atom. The number of hydrogen-bond donors (Lipinski definition) is 1. The second-order valence-corrected chi connectivity index (χ2v) is 6.44. The molecule has 0 aliphatic carbocycles. The minimum absolute atomic E-state index is 0.0723. The molecule has 0 aliphatic rings. The molecule has 0 amide bonds. The van der Waals surface area contributed by atoms with Crippen LogP contribution >= 0.6 is 31.9 Å². The second kappa shape index (κ2) is 6.92. The predicted octanol–water partition coefficient (Wildman–Crippen LogP) is 5.31. The molecule has 2 aromatic rings. The van der Waals surface area contributed by atoms with Crippen molar-refractivity contribution in [1.82, 2.24) is 0 Å². The average Bonchev–Trinajstić information content (AvgIpc) is 2.49. The van der Waals surface area contributed by atoms with E-state index in [9.17, 15) is 13.2 Å². The summed E-state index contributed by atoms with van der Waals surface area (Å²) < 4.78 is 39.9. The van der Waals surface area contributed by atoms with Crippen LogP contribution in [0.15, 0.2) is 56.4 Å². The molecular weight excluding hydrogens is 439 g/mol. The number of anilines is 1. The topological polar surface area (TPSA) is 41.6 Å². The molecule has 0 aliphatic heterocycles. The minimum Gasteiger partial charge on any atom is -0.369 e. The highest BCUT2D eigenvalue weighted by Crippen LogP contribution is 2.32. The fraction of sp³-hybridized carbons (Fsp3) is 0.133. The van der Waals surface area contributed by atoms with Crippen molar-refractivity contribution in [2.45, 2.75) is 6.18 Å². The number of nitrogens with two attached hydrogens (primary N) is 1. The highest BCUT2D eigenvalue weighted by Gasteiger charge is 2.30. The largest absolute Gasteiger partial charge is 0.416 e. The third-order valence-electron chi connectivity index (χ3n) is 3.05. The van der Waals surface area contributed by atoms with E-state index < -0.39 is 11.7 Å². The van der Waals surface area contributed by atoms with Crippen LogP contribution in [0.1, 0.15) is 5.56 Å². The summed E-state index contributed by atoms with van der Waals surface area (Å²) in [5, 5.41) is 0. The van der Waals surface area contributed by atoms with E-state index in [2.05, 4.69) is 36.9 Å². The molecule has 0 unspecified atom stereocenters. The summed E-state index contributed by atoms with van der Waals surface area (Å²) in [4.78, 5) is 5.64. The number of alkyl halides is 3. The van der Waals surface area contributed by atoms with E-state index in [-0.39, 0.29) is 5.96 Å². The number of benzene rings is 2. The lowest BCUT2D eigenvalue weighted by atomic mass is 10.2. The predicted molar refractivity (Wildman–Crippen MR) is 93.0 cm³/mol. The Bertz CT molecular complexity index is 745. The summed E-state index contributed by atoms with van der Waals surface area (Å²) >= 11 is 6.68. The molecule has 2 rings (SSSR count). The standard InChI is InChI=1S/C15H12Br2F3N3/c1-23(11-4-2-3-9(7-11)15(18,19)20)14(21)22-13-8-10(16)5-6-12(13)17/h2-8H,1H3,(H2,21,22). The van der Waals surface area contributed by atoms with Gasteiger partial charge in [-0.05, 0) is 52.3 Å². The van der Waals surface area contributed by atoms with E-state index >= 15 is 0 Å². The molecule has 0 saturated heterocycles. The van der Waals surface area contributed by atoms with Gasteiger partial charge in [0.2, 0.25) is 5.96 Å². The molecule has 8 heteroatoms. The van der Waals surface area contributed by atoms with Crippen molar-refractivity contribution in [3.05, 3.63) is 57.0 Å². The first kappa shape index (κ1) is 17.8. The van der Waals surface area contributed by atoms with Gasteiger partial charge in [-0.15, -0.1) is 0 Å². The molecule has 0 saturated carbocycles. The number of nitrogens with zero attached hydrogens (tertiary/aromatic N) is 2. The molecule has 0 radical (unpaired) electrons. The van der Waals surface area contributed by atoms with Crippen LogP contribution in [0.25, 0.3) is 0 Å². The van der Waals surface area contributed by atoms with E-state index in [4.69, 9.17) is 5.73 Å². The molecule has 0 spiro atoms. The van der Waals surface area contributed by atoms with Crippen LogP contribution in [0.3, 0.4) is 0 Å². The first-order valence-electron chi connectivity index (χ1n) is 6.38. The van der Waals surface area contributed by atoms with Crippen LogP contribution in [-0.2, 0) is 6.18 Å². The third-order valence-corrected chi connectivity index (χ3v) is 4.21. The van der Waals surface area contributed by atoms with Crippen LogP contribution in [0.4, 0.5) is 24.5 Å². The van der Waals surface area contributed by atoms with Crippen LogP contribution in [0, 0.1) is 0 Å². The molecule has 0 heterocycles. The maximum absolute atomic E-state index is 12.8. The summed E-state index contributed by atoms with van der Waals surface area (Å²) in [7, 11) is 1.56. The quantitative estimate of drug-likeness (QED) is 0.497. The van der Waals surface area contributed by atoms with Gasteiger partial charge in [0.25, 0.3) is 0 Å². The number of halogens is 5. The molecule has 0 bridgehead atoms. The van der Waals surface area contributed by atoms with Crippen molar-refractivity contribution in [2.24, 2.45) is 10.7 Å². The molecule has 23 heavy (non-hydrogen) atoms. The highest BCUT2D eigenvalue weighted by atomic mass is 79.9. The molecule has 0 atom stereocenters. The van der Waals surface area contributed by atoms with Crippen LogP contribution in [-0.4, -0.2) is 13.0 Å². The smallest absolute Gasteiger partial charge is 0.369 e. The summed E-state index contributed by atoms with van der Waals surface area (Å²) in [5.41, 5.74) is 6.04. The monoisotopic (exact) mass is 449 g/mol. The van der Waals surface area contributed by atoms with Crippen LogP contribution < -0.4 is 10.6 Å². The zero-order valence-electron chi connectivity index (χ0n) is 11.9. The van der Waals surface area contributed by atoms with Gasteiger partial charge < -0.3 is 10.6 Å². The van der Waals surface area contributed by atoms with Gasteiger partial charge in [-0.3, -0.25) is 0 Å². The van der Waals surface area contributed by atoms with Crippen molar-refractivity contribution < 1.29 is 13.2 Å². The van der Waals surface area contributed by atoms with Gasteiger partial charge in [0.15, 0.2) is 0 Å². The summed E-state index contributed by atoms with van der Waals surface area (Å²) in [5.74, 6) is 0.0723. The highest BCUT2D eigenvalue weighted by molar-refractivity contribution is 9.11. The number of rotatable bonds is 2. The average molecular weight is 451 g/mol. The van der Waals surface area contributed by atoms with Gasteiger partial charge in [-0.1, -0.05) is 22.0 Å². The van der Waals surface area contributed by atoms with E-state index in [0.29, 0.717) is 11.4 Å². The summed E-state index contributed by atoms with van der Waals surface area (Å²) in [6, 6.07) is 10.3. The Kier molecular flexibility index (Phi) is 5.36. The molecular formula is C15H12Br2F3N3. The molecule has 3 nitrogen and oxygen atoms in total. The Balaban J connectivity index is 2.34. The third kappa shape index (κ3) is 4.48. The zero-order valence-corrected chi connectivity index (χ0v) is 15.1. The van der Waals surface area contributed by atoms with Gasteiger partial charge >= 0.3 is 6.18 Å². The number of aliphatic imine (C=N–C) groups is 1. The number of hydrogen-bond acceptors (Lipinski definition) is 1. The van der Waals surface area contributed by atoms with Crippen molar-refractivity contribution in [3.8, 4) is 0 Å². The molecule has 2 aromatic carbocycles. The summed E-state index contributed by atoms with van der Waals surface area (Å²) in [6.07, 6.45) is -4.41. The fourth-order valence-electron chi connectivity index (χ4n) is 1.79. The normalized spacial score (nSPS) is 12.3. The number of guanidine groups is 1. The van der Waals surface area contributed by atoms with Crippen molar-refractivity contribution >= 4 is 49.2 Å². The van der Waals surface area contributed by atoms with E-state index in [1.165, 1.54) is 17.0 Å². The summed E-state index contributed by atoms with van der Waals surface area (Å²) in [6.45, 7) is 0.